The van der Waals surface area contributed by atoms with Crippen molar-refractivity contribution < 1.29 is 4.79 Å². The van der Waals surface area contributed by atoms with Crippen LogP contribution in [0, 0.1) is 13.8 Å². The third kappa shape index (κ3) is 3.79. The third-order valence-corrected chi connectivity index (χ3v) is 4.36. The number of amides is 1. The highest BCUT2D eigenvalue weighted by atomic mass is 32.2. The topological polar surface area (TPSA) is 85.8 Å². The van der Waals surface area contributed by atoms with E-state index < -0.39 is 0 Å². The molecule has 0 radical (unpaired) electrons. The number of hydrogen-bond donors (Lipinski definition) is 2. The van der Waals surface area contributed by atoms with E-state index in [1.165, 1.54) is 16.4 Å². The summed E-state index contributed by atoms with van der Waals surface area (Å²) in [6.07, 6.45) is 1.73. The van der Waals surface area contributed by atoms with Gasteiger partial charge in [-0.25, -0.2) is 4.68 Å². The first-order chi connectivity index (χ1) is 10.5. The molecule has 0 atom stereocenters. The molecule has 1 heterocycles. The largest absolute Gasteiger partial charge is 0.336 e. The molecule has 22 heavy (non-hydrogen) atoms. The van der Waals surface area contributed by atoms with Crippen LogP contribution >= 0.6 is 11.8 Å². The van der Waals surface area contributed by atoms with Gasteiger partial charge in [-0.15, -0.1) is 10.2 Å². The molecule has 0 unspecified atom stereocenters. The van der Waals surface area contributed by atoms with E-state index in [9.17, 15) is 4.79 Å². The van der Waals surface area contributed by atoms with E-state index in [0.29, 0.717) is 5.16 Å². The van der Waals surface area contributed by atoms with Gasteiger partial charge in [0.05, 0.1) is 5.75 Å². The SMILES string of the molecule is CCCc1nnc(SCC(=O)Nc2cccc(C)c2C)n1N. The molecule has 2 rings (SSSR count). The van der Waals surface area contributed by atoms with Gasteiger partial charge in [-0.05, 0) is 37.5 Å². The Morgan fingerprint density at radius 3 is 2.86 bits per heavy atom. The van der Waals surface area contributed by atoms with Crippen molar-refractivity contribution in [3.8, 4) is 0 Å². The predicted molar refractivity (Wildman–Crippen MR) is 89.4 cm³/mol. The number of carbonyl (C=O) groups is 1. The second-order valence-electron chi connectivity index (χ2n) is 5.10. The minimum Gasteiger partial charge on any atom is -0.336 e. The van der Waals surface area contributed by atoms with Gasteiger partial charge in [-0.2, -0.15) is 0 Å². The van der Waals surface area contributed by atoms with E-state index in [1.54, 1.807) is 0 Å². The predicted octanol–water partition coefficient (Wildman–Crippen LogP) is 2.29. The molecule has 2 aromatic rings. The fourth-order valence-corrected chi connectivity index (χ4v) is 2.68. The van der Waals surface area contributed by atoms with Gasteiger partial charge in [0.1, 0.15) is 0 Å². The first kappa shape index (κ1) is 16.4. The summed E-state index contributed by atoms with van der Waals surface area (Å²) >= 11 is 1.28. The Hall–Kier alpha value is -2.02. The van der Waals surface area contributed by atoms with Crippen LogP contribution < -0.4 is 11.2 Å². The number of rotatable bonds is 6. The molecule has 0 spiro atoms. The number of hydrogen-bond acceptors (Lipinski definition) is 5. The van der Waals surface area contributed by atoms with Crippen LogP contribution in [0.4, 0.5) is 5.69 Å². The first-order valence-corrected chi connectivity index (χ1v) is 8.19. The van der Waals surface area contributed by atoms with Gasteiger partial charge in [-0.1, -0.05) is 30.8 Å². The zero-order valence-corrected chi connectivity index (χ0v) is 13.9. The van der Waals surface area contributed by atoms with Crippen molar-refractivity contribution in [1.82, 2.24) is 14.9 Å². The van der Waals surface area contributed by atoms with Crippen molar-refractivity contribution in [2.24, 2.45) is 0 Å². The number of benzene rings is 1. The summed E-state index contributed by atoms with van der Waals surface area (Å²) in [5.74, 6) is 6.81. The lowest BCUT2D eigenvalue weighted by Gasteiger charge is -2.10. The Balaban J connectivity index is 1.94. The van der Waals surface area contributed by atoms with Gasteiger partial charge in [0, 0.05) is 12.1 Å². The molecule has 0 aliphatic carbocycles. The lowest BCUT2D eigenvalue weighted by molar-refractivity contribution is -0.113. The van der Waals surface area contributed by atoms with E-state index in [-0.39, 0.29) is 11.7 Å². The summed E-state index contributed by atoms with van der Waals surface area (Å²) in [6.45, 7) is 6.07. The summed E-state index contributed by atoms with van der Waals surface area (Å²) in [4.78, 5) is 12.1. The third-order valence-electron chi connectivity index (χ3n) is 3.42. The second-order valence-corrected chi connectivity index (χ2v) is 6.05. The van der Waals surface area contributed by atoms with Gasteiger partial charge in [0.15, 0.2) is 5.82 Å². The zero-order valence-electron chi connectivity index (χ0n) is 13.1. The number of aromatic nitrogens is 3. The van der Waals surface area contributed by atoms with Crippen LogP contribution in [0.25, 0.3) is 0 Å². The molecule has 0 aliphatic rings. The number of nitrogens with zero attached hydrogens (tertiary/aromatic N) is 3. The van der Waals surface area contributed by atoms with Crippen molar-refractivity contribution in [2.45, 2.75) is 38.8 Å². The minimum atomic E-state index is -0.0845. The van der Waals surface area contributed by atoms with Crippen LogP contribution in [-0.4, -0.2) is 26.5 Å². The highest BCUT2D eigenvalue weighted by Crippen LogP contribution is 2.19. The fourth-order valence-electron chi connectivity index (χ4n) is 2.00. The van der Waals surface area contributed by atoms with E-state index in [4.69, 9.17) is 5.84 Å². The number of nitrogens with two attached hydrogens (primary N) is 1. The Bertz CT molecular complexity index is 668. The summed E-state index contributed by atoms with van der Waals surface area (Å²) in [6, 6.07) is 5.85. The molecule has 0 saturated heterocycles. The maximum absolute atomic E-state index is 12.1. The van der Waals surface area contributed by atoms with Crippen LogP contribution in [0.2, 0.25) is 0 Å². The Kier molecular flexibility index (Phi) is 5.43. The van der Waals surface area contributed by atoms with Crippen LogP contribution in [0.1, 0.15) is 30.3 Å². The average molecular weight is 319 g/mol. The average Bonchev–Trinajstić information content (AvgIpc) is 2.83. The Labute approximate surface area is 134 Å². The van der Waals surface area contributed by atoms with E-state index >= 15 is 0 Å². The molecule has 1 aromatic heterocycles. The molecule has 0 bridgehead atoms. The maximum Gasteiger partial charge on any atom is 0.234 e. The summed E-state index contributed by atoms with van der Waals surface area (Å²) in [5, 5.41) is 11.5. The van der Waals surface area contributed by atoms with Crippen LogP contribution in [0.5, 0.6) is 0 Å². The van der Waals surface area contributed by atoms with Crippen molar-refractivity contribution in [3.63, 3.8) is 0 Å². The molecule has 0 saturated carbocycles. The van der Waals surface area contributed by atoms with Crippen molar-refractivity contribution in [3.05, 3.63) is 35.2 Å². The summed E-state index contributed by atoms with van der Waals surface area (Å²) in [5.41, 5.74) is 3.07. The molecule has 1 amide bonds. The van der Waals surface area contributed by atoms with Crippen LogP contribution in [0.15, 0.2) is 23.4 Å². The monoisotopic (exact) mass is 319 g/mol. The molecular weight excluding hydrogens is 298 g/mol. The lowest BCUT2D eigenvalue weighted by atomic mass is 10.1. The molecule has 3 N–H and O–H groups in total. The number of nitrogens with one attached hydrogen (secondary N) is 1. The fraction of sp³-hybridized carbons (Fsp3) is 0.400. The van der Waals surface area contributed by atoms with Gasteiger partial charge in [0.25, 0.3) is 0 Å². The second kappa shape index (κ2) is 7.31. The molecule has 1 aromatic carbocycles. The highest BCUT2D eigenvalue weighted by molar-refractivity contribution is 7.99. The molecule has 118 valence electrons. The van der Waals surface area contributed by atoms with Crippen molar-refractivity contribution >= 4 is 23.4 Å². The number of carbonyl (C=O) groups excluding carboxylic acids is 1. The molecule has 7 heteroatoms. The number of thioether (sulfide) groups is 1. The normalized spacial score (nSPS) is 10.7. The lowest BCUT2D eigenvalue weighted by Crippen LogP contribution is -2.17. The highest BCUT2D eigenvalue weighted by Gasteiger charge is 2.12. The van der Waals surface area contributed by atoms with Crippen molar-refractivity contribution in [2.75, 3.05) is 16.9 Å². The minimum absolute atomic E-state index is 0.0845. The number of anilines is 1. The van der Waals surface area contributed by atoms with Gasteiger partial charge in [-0.3, -0.25) is 4.79 Å². The molecular formula is C15H21N5OS. The zero-order chi connectivity index (χ0) is 16.1. The van der Waals surface area contributed by atoms with Crippen LogP contribution in [0.3, 0.4) is 0 Å². The Morgan fingerprint density at radius 2 is 2.14 bits per heavy atom. The van der Waals surface area contributed by atoms with Crippen molar-refractivity contribution in [1.29, 1.82) is 0 Å². The van der Waals surface area contributed by atoms with E-state index in [0.717, 1.165) is 35.5 Å². The molecule has 0 aliphatic heterocycles. The smallest absolute Gasteiger partial charge is 0.234 e. The quantitative estimate of drug-likeness (QED) is 0.630. The maximum atomic E-state index is 12.1. The Morgan fingerprint density at radius 1 is 1.36 bits per heavy atom. The number of nitrogen functional groups attached to an aromatic ring is 1. The van der Waals surface area contributed by atoms with Crippen LogP contribution in [-0.2, 0) is 11.2 Å². The molecule has 0 fully saturated rings. The van der Waals surface area contributed by atoms with Gasteiger partial charge < -0.3 is 11.2 Å². The van der Waals surface area contributed by atoms with E-state index in [2.05, 4.69) is 22.4 Å². The summed E-state index contributed by atoms with van der Waals surface area (Å²) < 4.78 is 1.46. The first-order valence-electron chi connectivity index (χ1n) is 7.21. The molecule has 6 nitrogen and oxygen atoms in total. The standard InChI is InChI=1S/C15H21N5OS/c1-4-6-13-18-19-15(20(13)16)22-9-14(21)17-12-8-5-7-10(2)11(12)3/h5,7-8H,4,6,9,16H2,1-3H3,(H,17,21). The summed E-state index contributed by atoms with van der Waals surface area (Å²) in [7, 11) is 0. The van der Waals surface area contributed by atoms with Gasteiger partial charge in [0.2, 0.25) is 11.1 Å². The van der Waals surface area contributed by atoms with E-state index in [1.807, 2.05) is 32.0 Å². The number of aryl methyl sites for hydroxylation is 2. The van der Waals surface area contributed by atoms with Gasteiger partial charge >= 0.3 is 0 Å².